The second-order valence-corrected chi connectivity index (χ2v) is 5.82. The number of thioether (sulfide) groups is 1. The molecular formula is C17H21N3O3S. The van der Waals surface area contributed by atoms with Crippen molar-refractivity contribution >= 4 is 17.7 Å². The summed E-state index contributed by atoms with van der Waals surface area (Å²) in [5.74, 6) is 1.07. The molecule has 0 radical (unpaired) electrons. The van der Waals surface area contributed by atoms with Crippen LogP contribution in [-0.2, 0) is 9.53 Å². The zero-order valence-corrected chi connectivity index (χ0v) is 14.6. The van der Waals surface area contributed by atoms with Crippen molar-refractivity contribution in [1.29, 1.82) is 0 Å². The molecule has 1 N–H and O–H groups in total. The summed E-state index contributed by atoms with van der Waals surface area (Å²) in [6.45, 7) is 3.63. The molecule has 1 heterocycles. The number of rotatable bonds is 9. The molecular weight excluding hydrogens is 326 g/mol. The molecule has 0 saturated carbocycles. The minimum absolute atomic E-state index is 0.0410. The number of methoxy groups -OCH3 is 1. The van der Waals surface area contributed by atoms with Crippen molar-refractivity contribution in [2.45, 2.75) is 11.9 Å². The maximum atomic E-state index is 11.7. The summed E-state index contributed by atoms with van der Waals surface area (Å²) in [5.41, 5.74) is 1.75. The third-order valence-electron chi connectivity index (χ3n) is 3.15. The van der Waals surface area contributed by atoms with Gasteiger partial charge in [0.2, 0.25) is 5.91 Å². The Morgan fingerprint density at radius 3 is 2.58 bits per heavy atom. The summed E-state index contributed by atoms with van der Waals surface area (Å²) in [6, 6.07) is 11.4. The predicted octanol–water partition coefficient (Wildman–Crippen LogP) is 2.40. The zero-order valence-electron chi connectivity index (χ0n) is 13.8. The summed E-state index contributed by atoms with van der Waals surface area (Å²) in [4.78, 5) is 11.7. The molecule has 0 aliphatic rings. The Morgan fingerprint density at radius 2 is 1.96 bits per heavy atom. The molecule has 2 aromatic rings. The Morgan fingerprint density at radius 1 is 1.17 bits per heavy atom. The Labute approximate surface area is 146 Å². The highest BCUT2D eigenvalue weighted by Crippen LogP contribution is 2.22. The van der Waals surface area contributed by atoms with E-state index in [4.69, 9.17) is 9.47 Å². The summed E-state index contributed by atoms with van der Waals surface area (Å²) >= 11 is 1.36. The van der Waals surface area contributed by atoms with Crippen molar-refractivity contribution in [3.05, 3.63) is 36.4 Å². The van der Waals surface area contributed by atoms with Crippen LogP contribution in [0.2, 0.25) is 0 Å². The topological polar surface area (TPSA) is 73.3 Å². The van der Waals surface area contributed by atoms with E-state index in [9.17, 15) is 4.79 Å². The van der Waals surface area contributed by atoms with Crippen LogP contribution in [0.4, 0.5) is 0 Å². The molecule has 2 rings (SSSR count). The zero-order chi connectivity index (χ0) is 17.2. The first-order chi connectivity index (χ1) is 11.7. The molecule has 24 heavy (non-hydrogen) atoms. The molecule has 6 nitrogen and oxygen atoms in total. The van der Waals surface area contributed by atoms with Gasteiger partial charge in [-0.05, 0) is 43.3 Å². The molecule has 0 spiro atoms. The summed E-state index contributed by atoms with van der Waals surface area (Å²) in [5, 5.41) is 11.9. The van der Waals surface area contributed by atoms with Crippen molar-refractivity contribution in [2.75, 3.05) is 32.6 Å². The van der Waals surface area contributed by atoms with Gasteiger partial charge in [-0.2, -0.15) is 0 Å². The van der Waals surface area contributed by atoms with Crippen molar-refractivity contribution in [3.8, 4) is 17.0 Å². The number of ether oxygens (including phenoxy) is 2. The fourth-order valence-electron chi connectivity index (χ4n) is 1.91. The first-order valence-electron chi connectivity index (χ1n) is 7.68. The summed E-state index contributed by atoms with van der Waals surface area (Å²) in [6.07, 6.45) is 0. The van der Waals surface area contributed by atoms with E-state index in [0.29, 0.717) is 30.5 Å². The molecule has 1 amide bonds. The van der Waals surface area contributed by atoms with Crippen LogP contribution in [0.15, 0.2) is 41.4 Å². The lowest BCUT2D eigenvalue weighted by molar-refractivity contribution is -0.118. The second-order valence-electron chi connectivity index (χ2n) is 4.82. The number of aromatic nitrogens is 2. The first-order valence-corrected chi connectivity index (χ1v) is 8.67. The quantitative estimate of drug-likeness (QED) is 0.555. The molecule has 0 bridgehead atoms. The van der Waals surface area contributed by atoms with Gasteiger partial charge in [0.05, 0.1) is 25.2 Å². The lowest BCUT2D eigenvalue weighted by Crippen LogP contribution is -2.28. The van der Waals surface area contributed by atoms with E-state index in [0.717, 1.165) is 17.0 Å². The number of amides is 1. The van der Waals surface area contributed by atoms with Gasteiger partial charge < -0.3 is 14.8 Å². The van der Waals surface area contributed by atoms with Gasteiger partial charge in [0.25, 0.3) is 0 Å². The van der Waals surface area contributed by atoms with Crippen LogP contribution in [0.3, 0.4) is 0 Å². The number of hydrogen-bond acceptors (Lipinski definition) is 6. The second kappa shape index (κ2) is 9.89. The van der Waals surface area contributed by atoms with Crippen molar-refractivity contribution in [3.63, 3.8) is 0 Å². The monoisotopic (exact) mass is 347 g/mol. The largest absolute Gasteiger partial charge is 0.497 e. The lowest BCUT2D eigenvalue weighted by atomic mass is 10.1. The van der Waals surface area contributed by atoms with E-state index >= 15 is 0 Å². The maximum absolute atomic E-state index is 11.7. The fourth-order valence-corrected chi connectivity index (χ4v) is 2.55. The van der Waals surface area contributed by atoms with Crippen LogP contribution in [-0.4, -0.2) is 48.7 Å². The van der Waals surface area contributed by atoms with E-state index in [-0.39, 0.29) is 5.91 Å². The van der Waals surface area contributed by atoms with Gasteiger partial charge in [-0.3, -0.25) is 4.79 Å². The van der Waals surface area contributed by atoms with Gasteiger partial charge in [-0.25, -0.2) is 0 Å². The molecule has 1 aromatic heterocycles. The van der Waals surface area contributed by atoms with Crippen LogP contribution in [0.1, 0.15) is 6.92 Å². The standard InChI is InChI=1S/C17H21N3O3S/c1-3-23-11-10-18-16(21)12-24-17-9-8-15(19-20-17)13-4-6-14(22-2)7-5-13/h4-9H,3,10-12H2,1-2H3,(H,18,21). The lowest BCUT2D eigenvalue weighted by Gasteiger charge is -2.05. The highest BCUT2D eigenvalue weighted by atomic mass is 32.2. The van der Waals surface area contributed by atoms with Gasteiger partial charge >= 0.3 is 0 Å². The number of carbonyl (C=O) groups is 1. The first kappa shape index (κ1) is 18.2. The predicted molar refractivity (Wildman–Crippen MR) is 94.2 cm³/mol. The third-order valence-corrected chi connectivity index (χ3v) is 4.07. The van der Waals surface area contributed by atoms with Crippen LogP contribution in [0, 0.1) is 0 Å². The molecule has 0 atom stereocenters. The molecule has 0 unspecified atom stereocenters. The number of nitrogens with one attached hydrogen (secondary N) is 1. The van der Waals surface area contributed by atoms with Gasteiger partial charge in [-0.1, -0.05) is 11.8 Å². The number of carbonyl (C=O) groups excluding carboxylic acids is 1. The molecule has 128 valence electrons. The Kier molecular flexibility index (Phi) is 7.51. The molecule has 7 heteroatoms. The SMILES string of the molecule is CCOCCNC(=O)CSc1ccc(-c2ccc(OC)cc2)nn1. The fraction of sp³-hybridized carbons (Fsp3) is 0.353. The van der Waals surface area contributed by atoms with Gasteiger partial charge in [0, 0.05) is 18.7 Å². The Hall–Kier alpha value is -2.12. The van der Waals surface area contributed by atoms with Gasteiger partial charge in [0.1, 0.15) is 10.8 Å². The number of hydrogen-bond donors (Lipinski definition) is 1. The maximum Gasteiger partial charge on any atom is 0.230 e. The molecule has 0 aliphatic heterocycles. The van der Waals surface area contributed by atoms with Gasteiger partial charge in [0.15, 0.2) is 0 Å². The Balaban J connectivity index is 1.82. The van der Waals surface area contributed by atoms with Crippen molar-refractivity contribution in [2.24, 2.45) is 0 Å². The van der Waals surface area contributed by atoms with E-state index in [2.05, 4.69) is 15.5 Å². The normalized spacial score (nSPS) is 10.4. The van der Waals surface area contributed by atoms with Crippen LogP contribution in [0.5, 0.6) is 5.75 Å². The average Bonchev–Trinajstić information content (AvgIpc) is 2.64. The van der Waals surface area contributed by atoms with Crippen LogP contribution in [0.25, 0.3) is 11.3 Å². The van der Waals surface area contributed by atoms with E-state index < -0.39 is 0 Å². The molecule has 0 saturated heterocycles. The van der Waals surface area contributed by atoms with Crippen molar-refractivity contribution < 1.29 is 14.3 Å². The van der Waals surface area contributed by atoms with E-state index in [1.807, 2.05) is 43.3 Å². The van der Waals surface area contributed by atoms with Gasteiger partial charge in [-0.15, -0.1) is 10.2 Å². The smallest absolute Gasteiger partial charge is 0.230 e. The summed E-state index contributed by atoms with van der Waals surface area (Å²) in [7, 11) is 1.63. The highest BCUT2D eigenvalue weighted by molar-refractivity contribution is 7.99. The summed E-state index contributed by atoms with van der Waals surface area (Å²) < 4.78 is 10.3. The highest BCUT2D eigenvalue weighted by Gasteiger charge is 2.05. The Bertz CT molecular complexity index is 633. The number of nitrogens with zero attached hydrogens (tertiary/aromatic N) is 2. The van der Waals surface area contributed by atoms with Crippen LogP contribution < -0.4 is 10.1 Å². The van der Waals surface area contributed by atoms with Crippen LogP contribution >= 0.6 is 11.8 Å². The minimum Gasteiger partial charge on any atom is -0.497 e. The van der Waals surface area contributed by atoms with E-state index in [1.165, 1.54) is 11.8 Å². The molecule has 0 fully saturated rings. The van der Waals surface area contributed by atoms with E-state index in [1.54, 1.807) is 7.11 Å². The third kappa shape index (κ3) is 5.82. The molecule has 1 aromatic carbocycles. The van der Waals surface area contributed by atoms with Crippen molar-refractivity contribution in [1.82, 2.24) is 15.5 Å². The average molecular weight is 347 g/mol. The number of benzene rings is 1. The minimum atomic E-state index is -0.0410. The molecule has 0 aliphatic carbocycles.